The molecule has 0 aromatic heterocycles. The van der Waals surface area contributed by atoms with Gasteiger partial charge in [0.25, 0.3) is 0 Å². The summed E-state index contributed by atoms with van der Waals surface area (Å²) in [6.45, 7) is 4.20. The standard InChI is InChI=1S/C19H18BrClN2O2/c1-11-3-5-15(9-16(11)21)23-10-13(8-18(23)24)19(25)22-17-6-4-14(20)7-12(17)2/h3-7,9,13H,8,10H2,1-2H3,(H,22,25)/t13-/m1/s1. The molecule has 2 amide bonds. The van der Waals surface area contributed by atoms with E-state index < -0.39 is 0 Å². The number of hydrogen-bond donors (Lipinski definition) is 1. The van der Waals surface area contributed by atoms with Crippen LogP contribution in [0.25, 0.3) is 0 Å². The maximum Gasteiger partial charge on any atom is 0.229 e. The Morgan fingerprint density at radius 3 is 2.64 bits per heavy atom. The molecule has 25 heavy (non-hydrogen) atoms. The Bertz CT molecular complexity index is 853. The zero-order valence-electron chi connectivity index (χ0n) is 14.0. The molecular weight excluding hydrogens is 404 g/mol. The van der Waals surface area contributed by atoms with Gasteiger partial charge in [0, 0.05) is 33.8 Å². The van der Waals surface area contributed by atoms with Gasteiger partial charge >= 0.3 is 0 Å². The number of amides is 2. The summed E-state index contributed by atoms with van der Waals surface area (Å²) in [5.74, 6) is -0.581. The molecule has 1 aliphatic heterocycles. The lowest BCUT2D eigenvalue weighted by Gasteiger charge is -2.18. The fourth-order valence-corrected chi connectivity index (χ4v) is 3.53. The number of rotatable bonds is 3. The third-order valence-electron chi connectivity index (χ3n) is 4.41. The van der Waals surface area contributed by atoms with Crippen LogP contribution in [0.1, 0.15) is 17.5 Å². The molecule has 130 valence electrons. The van der Waals surface area contributed by atoms with Crippen molar-refractivity contribution in [1.29, 1.82) is 0 Å². The quantitative estimate of drug-likeness (QED) is 0.780. The topological polar surface area (TPSA) is 49.4 Å². The van der Waals surface area contributed by atoms with Crippen LogP contribution in [0.2, 0.25) is 5.02 Å². The van der Waals surface area contributed by atoms with Gasteiger partial charge < -0.3 is 10.2 Å². The molecule has 1 N–H and O–H groups in total. The molecule has 4 nitrogen and oxygen atoms in total. The van der Waals surface area contributed by atoms with E-state index in [0.717, 1.165) is 27.0 Å². The average molecular weight is 422 g/mol. The number of carbonyl (C=O) groups excluding carboxylic acids is 2. The minimum absolute atomic E-state index is 0.0624. The minimum Gasteiger partial charge on any atom is -0.326 e. The number of aryl methyl sites for hydroxylation is 2. The normalized spacial score (nSPS) is 17.0. The van der Waals surface area contributed by atoms with Gasteiger partial charge in [-0.1, -0.05) is 33.6 Å². The van der Waals surface area contributed by atoms with Crippen LogP contribution in [0.15, 0.2) is 40.9 Å². The molecule has 0 unspecified atom stereocenters. The van der Waals surface area contributed by atoms with Crippen molar-refractivity contribution in [2.24, 2.45) is 5.92 Å². The van der Waals surface area contributed by atoms with E-state index in [1.165, 1.54) is 0 Å². The lowest BCUT2D eigenvalue weighted by molar-refractivity contribution is -0.122. The maximum absolute atomic E-state index is 12.6. The van der Waals surface area contributed by atoms with E-state index in [4.69, 9.17) is 11.6 Å². The lowest BCUT2D eigenvalue weighted by Crippen LogP contribution is -2.28. The minimum atomic E-state index is -0.379. The van der Waals surface area contributed by atoms with Gasteiger partial charge in [-0.3, -0.25) is 9.59 Å². The van der Waals surface area contributed by atoms with Crippen LogP contribution in [-0.2, 0) is 9.59 Å². The first-order chi connectivity index (χ1) is 11.8. The van der Waals surface area contributed by atoms with Gasteiger partial charge in [-0.25, -0.2) is 0 Å². The number of anilines is 2. The van der Waals surface area contributed by atoms with Gasteiger partial charge in [0.2, 0.25) is 11.8 Å². The Labute approximate surface area is 160 Å². The molecule has 3 rings (SSSR count). The Kier molecular flexibility index (Phi) is 5.16. The molecule has 6 heteroatoms. The first-order valence-corrected chi connectivity index (χ1v) is 9.16. The first-order valence-electron chi connectivity index (χ1n) is 7.98. The van der Waals surface area contributed by atoms with Gasteiger partial charge in [0.05, 0.1) is 5.92 Å². The van der Waals surface area contributed by atoms with Crippen LogP contribution in [-0.4, -0.2) is 18.4 Å². The molecule has 2 aromatic carbocycles. The summed E-state index contributed by atoms with van der Waals surface area (Å²) in [5.41, 5.74) is 3.42. The molecule has 1 heterocycles. The Morgan fingerprint density at radius 1 is 1.20 bits per heavy atom. The Morgan fingerprint density at radius 2 is 1.96 bits per heavy atom. The summed E-state index contributed by atoms with van der Waals surface area (Å²) in [7, 11) is 0. The van der Waals surface area contributed by atoms with Crippen molar-refractivity contribution in [3.63, 3.8) is 0 Å². The molecule has 0 spiro atoms. The van der Waals surface area contributed by atoms with E-state index in [9.17, 15) is 9.59 Å². The highest BCUT2D eigenvalue weighted by Gasteiger charge is 2.35. The van der Waals surface area contributed by atoms with Crippen molar-refractivity contribution >= 4 is 50.7 Å². The number of halogens is 2. The molecule has 0 saturated carbocycles. The molecule has 1 aliphatic rings. The largest absolute Gasteiger partial charge is 0.326 e. The third kappa shape index (κ3) is 3.88. The van der Waals surface area contributed by atoms with Crippen molar-refractivity contribution in [3.05, 3.63) is 57.0 Å². The molecule has 1 saturated heterocycles. The van der Waals surface area contributed by atoms with E-state index in [2.05, 4.69) is 21.2 Å². The van der Waals surface area contributed by atoms with Crippen LogP contribution in [0.4, 0.5) is 11.4 Å². The molecule has 1 atom stereocenters. The van der Waals surface area contributed by atoms with E-state index in [-0.39, 0.29) is 24.2 Å². The van der Waals surface area contributed by atoms with Crippen LogP contribution >= 0.6 is 27.5 Å². The number of nitrogens with zero attached hydrogens (tertiary/aromatic N) is 1. The van der Waals surface area contributed by atoms with Crippen LogP contribution in [0.3, 0.4) is 0 Å². The number of nitrogens with one attached hydrogen (secondary N) is 1. The predicted octanol–water partition coefficient (Wildman–Crippen LogP) is 4.71. The molecule has 0 aliphatic carbocycles. The zero-order chi connectivity index (χ0) is 18.1. The molecule has 1 fully saturated rings. The second-order valence-corrected chi connectivity index (χ2v) is 7.61. The van der Waals surface area contributed by atoms with Crippen molar-refractivity contribution in [2.45, 2.75) is 20.3 Å². The second kappa shape index (κ2) is 7.18. The second-order valence-electron chi connectivity index (χ2n) is 6.29. The molecule has 0 bridgehead atoms. The van der Waals surface area contributed by atoms with E-state index in [1.807, 2.05) is 44.2 Å². The number of benzene rings is 2. The fourth-order valence-electron chi connectivity index (χ4n) is 2.88. The van der Waals surface area contributed by atoms with Gasteiger partial charge in [0.15, 0.2) is 0 Å². The predicted molar refractivity (Wildman–Crippen MR) is 104 cm³/mol. The van der Waals surface area contributed by atoms with Crippen LogP contribution in [0, 0.1) is 19.8 Å². The highest BCUT2D eigenvalue weighted by Crippen LogP contribution is 2.30. The average Bonchev–Trinajstić information content (AvgIpc) is 2.95. The van der Waals surface area contributed by atoms with Crippen LogP contribution < -0.4 is 10.2 Å². The van der Waals surface area contributed by atoms with E-state index in [0.29, 0.717) is 11.6 Å². The smallest absolute Gasteiger partial charge is 0.229 e. The maximum atomic E-state index is 12.6. The van der Waals surface area contributed by atoms with Crippen molar-refractivity contribution in [1.82, 2.24) is 0 Å². The van der Waals surface area contributed by atoms with Crippen LogP contribution in [0.5, 0.6) is 0 Å². The summed E-state index contributed by atoms with van der Waals surface area (Å²) in [6.07, 6.45) is 0.201. The van der Waals surface area contributed by atoms with E-state index in [1.54, 1.807) is 11.0 Å². The van der Waals surface area contributed by atoms with Crippen molar-refractivity contribution in [3.8, 4) is 0 Å². The first kappa shape index (κ1) is 18.0. The van der Waals surface area contributed by atoms with Gasteiger partial charge in [0.1, 0.15) is 0 Å². The third-order valence-corrected chi connectivity index (χ3v) is 5.31. The Balaban J connectivity index is 1.73. The fraction of sp³-hybridized carbons (Fsp3) is 0.263. The summed E-state index contributed by atoms with van der Waals surface area (Å²) in [4.78, 5) is 26.5. The molecule has 2 aromatic rings. The summed E-state index contributed by atoms with van der Waals surface area (Å²) in [5, 5.41) is 3.54. The van der Waals surface area contributed by atoms with E-state index >= 15 is 0 Å². The molecule has 0 radical (unpaired) electrons. The summed E-state index contributed by atoms with van der Waals surface area (Å²) >= 11 is 9.56. The zero-order valence-corrected chi connectivity index (χ0v) is 16.3. The SMILES string of the molecule is Cc1ccc(N2C[C@H](C(=O)Nc3ccc(Br)cc3C)CC2=O)cc1Cl. The van der Waals surface area contributed by atoms with Gasteiger partial charge in [-0.05, 0) is 55.3 Å². The molecular formula is C19H18BrClN2O2. The van der Waals surface area contributed by atoms with Crippen molar-refractivity contribution in [2.75, 3.05) is 16.8 Å². The van der Waals surface area contributed by atoms with Crippen molar-refractivity contribution < 1.29 is 9.59 Å². The summed E-state index contributed by atoms with van der Waals surface area (Å²) < 4.78 is 0.960. The van der Waals surface area contributed by atoms with Gasteiger partial charge in [-0.2, -0.15) is 0 Å². The summed E-state index contributed by atoms with van der Waals surface area (Å²) in [6, 6.07) is 11.2. The number of carbonyl (C=O) groups is 2. The Hall–Kier alpha value is -1.85. The highest BCUT2D eigenvalue weighted by molar-refractivity contribution is 9.10. The highest BCUT2D eigenvalue weighted by atomic mass is 79.9. The lowest BCUT2D eigenvalue weighted by atomic mass is 10.1. The number of hydrogen-bond acceptors (Lipinski definition) is 2. The van der Waals surface area contributed by atoms with Gasteiger partial charge in [-0.15, -0.1) is 0 Å². The monoisotopic (exact) mass is 420 g/mol.